The summed E-state index contributed by atoms with van der Waals surface area (Å²) in [6.07, 6.45) is -1.43. The van der Waals surface area contributed by atoms with Gasteiger partial charge in [0.25, 0.3) is 0 Å². The van der Waals surface area contributed by atoms with Crippen LogP contribution in [0.5, 0.6) is 0 Å². The molecule has 1 saturated carbocycles. The lowest BCUT2D eigenvalue weighted by molar-refractivity contribution is -0.260. The zero-order chi connectivity index (χ0) is 25.0. The third-order valence-corrected chi connectivity index (χ3v) is 5.29. The number of alkyl carbamates (subject to hydrolysis) is 2. The van der Waals surface area contributed by atoms with Gasteiger partial charge >= 0.3 is 18.3 Å². The highest BCUT2D eigenvalue weighted by molar-refractivity contribution is 5.68. The molecule has 1 rings (SSSR count). The molecule has 33 heavy (non-hydrogen) atoms. The summed E-state index contributed by atoms with van der Waals surface area (Å²) < 4.78 is 58.1. The molecule has 0 aromatic carbocycles. The first kappa shape index (κ1) is 29.3. The largest absolute Gasteiger partial charge is 0.450 e. The normalized spacial score (nSPS) is 22.5. The Morgan fingerprint density at radius 1 is 1.03 bits per heavy atom. The van der Waals surface area contributed by atoms with Crippen LogP contribution in [0.3, 0.4) is 0 Å². The fraction of sp³-hybridized carbons (Fsp3) is 0.909. The van der Waals surface area contributed by atoms with Gasteiger partial charge in [0, 0.05) is 12.6 Å². The van der Waals surface area contributed by atoms with E-state index in [1.54, 1.807) is 0 Å². The average molecular weight is 485 g/mol. The summed E-state index contributed by atoms with van der Waals surface area (Å²) in [6, 6.07) is -0.312. The van der Waals surface area contributed by atoms with Crippen molar-refractivity contribution >= 4 is 12.2 Å². The Hall–Kier alpha value is -1.75. The van der Waals surface area contributed by atoms with Gasteiger partial charge in [-0.3, -0.25) is 0 Å². The zero-order valence-corrected chi connectivity index (χ0v) is 20.1. The van der Waals surface area contributed by atoms with Crippen LogP contribution in [0, 0.1) is 10.8 Å². The number of amides is 2. The number of alkyl halides is 3. The Labute approximate surface area is 194 Å². The van der Waals surface area contributed by atoms with Gasteiger partial charge in [-0.15, -0.1) is 0 Å². The van der Waals surface area contributed by atoms with Crippen LogP contribution in [-0.4, -0.2) is 70.6 Å². The van der Waals surface area contributed by atoms with Gasteiger partial charge in [-0.05, 0) is 36.5 Å². The molecule has 2 amide bonds. The average Bonchev–Trinajstić information content (AvgIpc) is 2.69. The minimum absolute atomic E-state index is 0.147. The molecule has 8 nitrogen and oxygen atoms in total. The monoisotopic (exact) mass is 484 g/mol. The molecule has 0 radical (unpaired) electrons. The SMILES string of the molecule is CCCCOC(=O)NCC1(C)CC(NC(=O)OCC(F)(F)OCCOCCF)CC(C)(C)C1. The molecule has 0 saturated heterocycles. The Morgan fingerprint density at radius 3 is 2.42 bits per heavy atom. The van der Waals surface area contributed by atoms with E-state index in [4.69, 9.17) is 9.47 Å². The number of rotatable bonds is 14. The molecule has 2 unspecified atom stereocenters. The summed E-state index contributed by atoms with van der Waals surface area (Å²) in [5.41, 5.74) is -0.471. The molecule has 1 aliphatic carbocycles. The second-order valence-corrected chi connectivity index (χ2v) is 9.61. The molecule has 0 spiro atoms. The molecule has 0 aromatic heterocycles. The first-order chi connectivity index (χ1) is 15.4. The van der Waals surface area contributed by atoms with Crippen molar-refractivity contribution in [2.75, 3.05) is 46.3 Å². The maximum absolute atomic E-state index is 13.7. The molecule has 0 aromatic rings. The molecule has 2 atom stereocenters. The second kappa shape index (κ2) is 13.8. The summed E-state index contributed by atoms with van der Waals surface area (Å²) in [5, 5.41) is 5.44. The number of ether oxygens (including phenoxy) is 4. The van der Waals surface area contributed by atoms with Crippen LogP contribution in [0.15, 0.2) is 0 Å². The smallest absolute Gasteiger partial charge is 0.407 e. The van der Waals surface area contributed by atoms with E-state index >= 15 is 0 Å². The van der Waals surface area contributed by atoms with Crippen LogP contribution in [0.1, 0.15) is 59.8 Å². The third-order valence-electron chi connectivity index (χ3n) is 5.29. The Balaban J connectivity index is 2.49. The lowest BCUT2D eigenvalue weighted by atomic mass is 9.62. The third kappa shape index (κ3) is 12.9. The van der Waals surface area contributed by atoms with E-state index in [1.165, 1.54) is 0 Å². The minimum Gasteiger partial charge on any atom is -0.450 e. The minimum atomic E-state index is -3.68. The van der Waals surface area contributed by atoms with E-state index in [1.807, 2.05) is 13.8 Å². The number of hydrogen-bond acceptors (Lipinski definition) is 6. The Morgan fingerprint density at radius 2 is 1.76 bits per heavy atom. The van der Waals surface area contributed by atoms with E-state index in [0.29, 0.717) is 26.0 Å². The summed E-state index contributed by atoms with van der Waals surface area (Å²) in [6.45, 7) is 6.04. The Kier molecular flexibility index (Phi) is 12.3. The fourth-order valence-electron chi connectivity index (χ4n) is 4.32. The standard InChI is InChI=1S/C22H39F3N2O6/c1-5-6-8-31-18(28)26-15-21(4)13-17(12-20(2,3)14-21)27-19(29)32-16-22(24,25)33-11-10-30-9-7-23/h17H,5-16H2,1-4H3,(H,26,28)(H,27,29). The summed E-state index contributed by atoms with van der Waals surface area (Å²) in [7, 11) is 0. The summed E-state index contributed by atoms with van der Waals surface area (Å²) in [4.78, 5) is 24.0. The topological polar surface area (TPSA) is 95.1 Å². The maximum atomic E-state index is 13.7. The molecule has 194 valence electrons. The zero-order valence-electron chi connectivity index (χ0n) is 20.1. The van der Waals surface area contributed by atoms with E-state index in [9.17, 15) is 22.8 Å². The van der Waals surface area contributed by atoms with Gasteiger partial charge in [0.1, 0.15) is 6.67 Å². The van der Waals surface area contributed by atoms with Gasteiger partial charge < -0.3 is 29.6 Å². The van der Waals surface area contributed by atoms with Gasteiger partial charge in [0.2, 0.25) is 0 Å². The summed E-state index contributed by atoms with van der Waals surface area (Å²) >= 11 is 0. The van der Waals surface area contributed by atoms with Gasteiger partial charge in [0.05, 0.1) is 26.4 Å². The van der Waals surface area contributed by atoms with Crippen molar-refractivity contribution < 1.29 is 41.7 Å². The van der Waals surface area contributed by atoms with Crippen molar-refractivity contribution in [3.8, 4) is 0 Å². The number of carbonyl (C=O) groups is 2. The van der Waals surface area contributed by atoms with Crippen LogP contribution in [0.25, 0.3) is 0 Å². The molecule has 1 aliphatic rings. The van der Waals surface area contributed by atoms with Crippen LogP contribution < -0.4 is 10.6 Å². The van der Waals surface area contributed by atoms with Crippen LogP contribution in [0.2, 0.25) is 0 Å². The lowest BCUT2D eigenvalue weighted by Gasteiger charge is -2.46. The van der Waals surface area contributed by atoms with Crippen molar-refractivity contribution in [2.45, 2.75) is 71.9 Å². The molecular weight excluding hydrogens is 445 g/mol. The van der Waals surface area contributed by atoms with E-state index in [-0.39, 0.29) is 30.1 Å². The molecule has 0 heterocycles. The second-order valence-electron chi connectivity index (χ2n) is 9.61. The number of halogens is 3. The molecule has 0 bridgehead atoms. The highest BCUT2D eigenvalue weighted by Gasteiger charge is 2.42. The van der Waals surface area contributed by atoms with Crippen molar-refractivity contribution in [1.29, 1.82) is 0 Å². The van der Waals surface area contributed by atoms with Crippen molar-refractivity contribution in [3.63, 3.8) is 0 Å². The quantitative estimate of drug-likeness (QED) is 0.355. The molecule has 11 heteroatoms. The number of hydrogen-bond donors (Lipinski definition) is 2. The van der Waals surface area contributed by atoms with Crippen LogP contribution >= 0.6 is 0 Å². The van der Waals surface area contributed by atoms with Gasteiger partial charge in [-0.25, -0.2) is 14.0 Å². The van der Waals surface area contributed by atoms with E-state index in [2.05, 4.69) is 34.0 Å². The van der Waals surface area contributed by atoms with Crippen LogP contribution in [0.4, 0.5) is 22.8 Å². The highest BCUT2D eigenvalue weighted by atomic mass is 19.3. The lowest BCUT2D eigenvalue weighted by Crippen LogP contribution is -2.50. The number of nitrogens with one attached hydrogen (secondary N) is 2. The fourth-order valence-corrected chi connectivity index (χ4v) is 4.32. The van der Waals surface area contributed by atoms with E-state index < -0.39 is 38.2 Å². The van der Waals surface area contributed by atoms with Gasteiger partial charge in [0.15, 0.2) is 6.61 Å². The maximum Gasteiger partial charge on any atom is 0.407 e. The molecular formula is C22H39F3N2O6. The van der Waals surface area contributed by atoms with Gasteiger partial charge in [-0.2, -0.15) is 8.78 Å². The number of carbonyl (C=O) groups excluding carboxylic acids is 2. The van der Waals surface area contributed by atoms with Crippen molar-refractivity contribution in [3.05, 3.63) is 0 Å². The molecule has 0 aliphatic heterocycles. The predicted molar refractivity (Wildman–Crippen MR) is 116 cm³/mol. The van der Waals surface area contributed by atoms with Gasteiger partial charge in [-0.1, -0.05) is 34.1 Å². The van der Waals surface area contributed by atoms with Crippen molar-refractivity contribution in [1.82, 2.24) is 10.6 Å². The van der Waals surface area contributed by atoms with Crippen LogP contribution in [-0.2, 0) is 18.9 Å². The molecule has 2 N–H and O–H groups in total. The first-order valence-electron chi connectivity index (χ1n) is 11.4. The molecule has 1 fully saturated rings. The number of unbranched alkanes of at least 4 members (excludes halogenated alkanes) is 1. The Bertz CT molecular complexity index is 609. The first-order valence-corrected chi connectivity index (χ1v) is 11.4. The summed E-state index contributed by atoms with van der Waals surface area (Å²) in [5.74, 6) is 0. The predicted octanol–water partition coefficient (Wildman–Crippen LogP) is 4.42. The van der Waals surface area contributed by atoms with Crippen molar-refractivity contribution in [2.24, 2.45) is 10.8 Å². The highest BCUT2D eigenvalue weighted by Crippen LogP contribution is 2.45. The van der Waals surface area contributed by atoms with E-state index in [0.717, 1.165) is 19.3 Å².